The van der Waals surface area contributed by atoms with Crippen molar-refractivity contribution in [2.75, 3.05) is 6.61 Å². The van der Waals surface area contributed by atoms with Gasteiger partial charge in [0.15, 0.2) is 0 Å². The van der Waals surface area contributed by atoms with Gasteiger partial charge in [-0.3, -0.25) is 0 Å². The number of imidazole rings is 1. The number of nitrogens with zero attached hydrogens (tertiary/aromatic N) is 3. The summed E-state index contributed by atoms with van der Waals surface area (Å²) >= 11 is 1.65. The molecule has 0 aliphatic carbocycles. The van der Waals surface area contributed by atoms with Gasteiger partial charge in [-0.2, -0.15) is 0 Å². The molecule has 17 heavy (non-hydrogen) atoms. The number of nitrogens with two attached hydrogens (primary N) is 1. The summed E-state index contributed by atoms with van der Waals surface area (Å²) in [4.78, 5) is 8.38. The maximum atomic E-state index is 9.07. The number of aliphatic hydroxyl groups excluding tert-OH is 1. The molecule has 0 amide bonds. The van der Waals surface area contributed by atoms with Crippen molar-refractivity contribution in [3.63, 3.8) is 0 Å². The zero-order chi connectivity index (χ0) is 12.3. The molecule has 0 spiro atoms. The Morgan fingerprint density at radius 2 is 2.41 bits per heavy atom. The Bertz CT molecular complexity index is 454. The van der Waals surface area contributed by atoms with Crippen LogP contribution in [-0.4, -0.2) is 26.2 Å². The van der Waals surface area contributed by atoms with Gasteiger partial charge in [0.2, 0.25) is 0 Å². The summed E-state index contributed by atoms with van der Waals surface area (Å²) in [6, 6.07) is -0.374. The van der Waals surface area contributed by atoms with Gasteiger partial charge in [-0.15, -0.1) is 11.3 Å². The topological polar surface area (TPSA) is 77.0 Å². The minimum atomic E-state index is -0.374. The van der Waals surface area contributed by atoms with E-state index in [1.165, 1.54) is 0 Å². The quantitative estimate of drug-likeness (QED) is 0.836. The number of hydrogen-bond acceptors (Lipinski definition) is 5. The Kier molecular flexibility index (Phi) is 3.88. The standard InChI is InChI=1S/C11H16N4OS/c1-8(11-14-2-3-17-11)5-15-7-13-4-10(15)9(12)6-16/h2-4,7-9,16H,5-6,12H2,1H3. The van der Waals surface area contributed by atoms with E-state index < -0.39 is 0 Å². The van der Waals surface area contributed by atoms with E-state index in [2.05, 4.69) is 16.9 Å². The molecule has 2 aromatic rings. The highest BCUT2D eigenvalue weighted by molar-refractivity contribution is 7.09. The normalized spacial score (nSPS) is 14.8. The number of thiazole rings is 1. The fourth-order valence-corrected chi connectivity index (χ4v) is 2.43. The van der Waals surface area contributed by atoms with Crippen LogP contribution in [0.4, 0.5) is 0 Å². The third-order valence-corrected chi connectivity index (χ3v) is 3.67. The highest BCUT2D eigenvalue weighted by Gasteiger charge is 2.14. The monoisotopic (exact) mass is 252 g/mol. The Labute approximate surface area is 104 Å². The minimum absolute atomic E-state index is 0.0721. The lowest BCUT2D eigenvalue weighted by molar-refractivity contribution is 0.262. The van der Waals surface area contributed by atoms with Gasteiger partial charge in [-0.25, -0.2) is 9.97 Å². The molecule has 0 fully saturated rings. The first-order valence-electron chi connectivity index (χ1n) is 5.48. The van der Waals surface area contributed by atoms with Crippen molar-refractivity contribution in [1.29, 1.82) is 0 Å². The zero-order valence-corrected chi connectivity index (χ0v) is 10.5. The molecule has 2 aromatic heterocycles. The molecule has 0 aromatic carbocycles. The van der Waals surface area contributed by atoms with Crippen LogP contribution in [0.5, 0.6) is 0 Å². The average Bonchev–Trinajstić information content (AvgIpc) is 2.98. The van der Waals surface area contributed by atoms with Crippen LogP contribution in [0.1, 0.15) is 29.6 Å². The summed E-state index contributed by atoms with van der Waals surface area (Å²) in [5.74, 6) is 0.314. The second-order valence-corrected chi connectivity index (χ2v) is 4.96. The second kappa shape index (κ2) is 5.39. The summed E-state index contributed by atoms with van der Waals surface area (Å²) in [6.07, 6.45) is 5.26. The Morgan fingerprint density at radius 1 is 1.59 bits per heavy atom. The molecule has 2 heterocycles. The molecule has 5 nitrogen and oxygen atoms in total. The van der Waals surface area contributed by atoms with Crippen molar-refractivity contribution in [3.8, 4) is 0 Å². The van der Waals surface area contributed by atoms with Gasteiger partial charge in [0.1, 0.15) is 0 Å². The molecule has 0 saturated heterocycles. The van der Waals surface area contributed by atoms with Crippen molar-refractivity contribution in [2.24, 2.45) is 5.73 Å². The van der Waals surface area contributed by atoms with Gasteiger partial charge < -0.3 is 15.4 Å². The summed E-state index contributed by atoms with van der Waals surface area (Å²) in [5.41, 5.74) is 6.67. The highest BCUT2D eigenvalue weighted by Crippen LogP contribution is 2.21. The van der Waals surface area contributed by atoms with Gasteiger partial charge in [0.05, 0.1) is 29.7 Å². The zero-order valence-electron chi connectivity index (χ0n) is 9.65. The van der Waals surface area contributed by atoms with Gasteiger partial charge in [0, 0.05) is 30.2 Å². The molecule has 92 valence electrons. The van der Waals surface area contributed by atoms with Gasteiger partial charge in [0.25, 0.3) is 0 Å². The van der Waals surface area contributed by atoms with Crippen LogP contribution in [-0.2, 0) is 6.54 Å². The SMILES string of the molecule is CC(Cn1cncc1C(N)CO)c1nccs1. The highest BCUT2D eigenvalue weighted by atomic mass is 32.1. The van der Waals surface area contributed by atoms with E-state index in [1.807, 2.05) is 16.1 Å². The van der Waals surface area contributed by atoms with Crippen molar-refractivity contribution in [2.45, 2.75) is 25.4 Å². The smallest absolute Gasteiger partial charge is 0.0970 e. The Morgan fingerprint density at radius 3 is 3.06 bits per heavy atom. The van der Waals surface area contributed by atoms with Crippen molar-refractivity contribution in [3.05, 3.63) is 34.8 Å². The van der Waals surface area contributed by atoms with Crippen LogP contribution < -0.4 is 5.73 Å². The first-order valence-corrected chi connectivity index (χ1v) is 6.36. The molecule has 6 heteroatoms. The van der Waals surface area contributed by atoms with Crippen LogP contribution in [0.15, 0.2) is 24.1 Å². The molecule has 3 N–H and O–H groups in total. The average molecular weight is 252 g/mol. The summed E-state index contributed by atoms with van der Waals surface area (Å²) in [7, 11) is 0. The lowest BCUT2D eigenvalue weighted by Crippen LogP contribution is -2.20. The van der Waals surface area contributed by atoms with Crippen LogP contribution in [0, 0.1) is 0 Å². The molecular weight excluding hydrogens is 236 g/mol. The first kappa shape index (κ1) is 12.2. The first-order chi connectivity index (χ1) is 8.22. The number of aromatic nitrogens is 3. The van der Waals surface area contributed by atoms with E-state index in [-0.39, 0.29) is 12.6 Å². The van der Waals surface area contributed by atoms with Gasteiger partial charge in [-0.1, -0.05) is 6.92 Å². The van der Waals surface area contributed by atoms with Crippen LogP contribution in [0.25, 0.3) is 0 Å². The lowest BCUT2D eigenvalue weighted by atomic mass is 10.2. The van der Waals surface area contributed by atoms with E-state index >= 15 is 0 Å². The molecular formula is C11H16N4OS. The Hall–Kier alpha value is -1.24. The largest absolute Gasteiger partial charge is 0.394 e. The predicted molar refractivity (Wildman–Crippen MR) is 66.8 cm³/mol. The van der Waals surface area contributed by atoms with E-state index in [1.54, 1.807) is 23.9 Å². The van der Waals surface area contributed by atoms with E-state index in [0.717, 1.165) is 17.2 Å². The van der Waals surface area contributed by atoms with Crippen LogP contribution >= 0.6 is 11.3 Å². The number of hydrogen-bond donors (Lipinski definition) is 2. The van der Waals surface area contributed by atoms with E-state index in [9.17, 15) is 0 Å². The number of aliphatic hydroxyl groups is 1. The molecule has 0 aliphatic heterocycles. The molecule has 2 unspecified atom stereocenters. The van der Waals surface area contributed by atoms with E-state index in [4.69, 9.17) is 10.8 Å². The van der Waals surface area contributed by atoms with Crippen molar-refractivity contribution in [1.82, 2.24) is 14.5 Å². The van der Waals surface area contributed by atoms with Crippen molar-refractivity contribution < 1.29 is 5.11 Å². The maximum Gasteiger partial charge on any atom is 0.0970 e. The third kappa shape index (κ3) is 2.71. The van der Waals surface area contributed by atoms with Crippen LogP contribution in [0.2, 0.25) is 0 Å². The molecule has 0 saturated carbocycles. The summed E-state index contributed by atoms with van der Waals surface area (Å²) in [5, 5.41) is 12.1. The minimum Gasteiger partial charge on any atom is -0.394 e. The van der Waals surface area contributed by atoms with Crippen molar-refractivity contribution >= 4 is 11.3 Å². The molecule has 0 aliphatic rings. The summed E-state index contributed by atoms with van der Waals surface area (Å²) in [6.45, 7) is 2.82. The summed E-state index contributed by atoms with van der Waals surface area (Å²) < 4.78 is 1.98. The fourth-order valence-electron chi connectivity index (χ4n) is 1.74. The number of rotatable bonds is 5. The molecule has 0 bridgehead atoms. The maximum absolute atomic E-state index is 9.07. The fraction of sp³-hybridized carbons (Fsp3) is 0.455. The Balaban J connectivity index is 2.11. The van der Waals surface area contributed by atoms with E-state index in [0.29, 0.717) is 5.92 Å². The third-order valence-electron chi connectivity index (χ3n) is 2.66. The van der Waals surface area contributed by atoms with Gasteiger partial charge >= 0.3 is 0 Å². The van der Waals surface area contributed by atoms with Gasteiger partial charge in [-0.05, 0) is 0 Å². The molecule has 2 rings (SSSR count). The van der Waals surface area contributed by atoms with Crippen LogP contribution in [0.3, 0.4) is 0 Å². The second-order valence-electron chi connectivity index (χ2n) is 4.03. The molecule has 0 radical (unpaired) electrons. The molecule has 2 atom stereocenters. The lowest BCUT2D eigenvalue weighted by Gasteiger charge is -2.15. The predicted octanol–water partition coefficient (Wildman–Crippen LogP) is 1.14.